The van der Waals surface area contributed by atoms with E-state index in [0.29, 0.717) is 23.5 Å². The summed E-state index contributed by atoms with van der Waals surface area (Å²) in [5.41, 5.74) is 3.32. The molecule has 0 bridgehead atoms. The van der Waals surface area contributed by atoms with Crippen LogP contribution < -0.4 is 10.1 Å². The second-order valence-electron chi connectivity index (χ2n) is 8.51. The van der Waals surface area contributed by atoms with E-state index in [1.54, 1.807) is 6.07 Å². The molecule has 2 heterocycles. The van der Waals surface area contributed by atoms with Gasteiger partial charge in [-0.1, -0.05) is 56.3 Å². The molecule has 4 aromatic rings. The Hall–Kier alpha value is -3.25. The summed E-state index contributed by atoms with van der Waals surface area (Å²) in [5, 5.41) is 4.17. The molecule has 1 N–H and O–H groups in total. The van der Waals surface area contributed by atoms with Gasteiger partial charge in [0, 0.05) is 16.7 Å². The standard InChI is InChI=1S/C27H23F2NO2S/c1-15(2)24-19-8-5-7-17(16-10-11-20(28)21(29)14-16)25(19)33-26(24)27(31)30-22-12-13-32-23-9-4-3-6-18(22)23/h3-11,14-15,22H,12-13H2,1-2H3,(H,30,31). The van der Waals surface area contributed by atoms with Crippen LogP contribution in [0.5, 0.6) is 5.75 Å². The van der Waals surface area contributed by atoms with Crippen molar-refractivity contribution in [2.24, 2.45) is 0 Å². The lowest BCUT2D eigenvalue weighted by molar-refractivity contribution is 0.0928. The summed E-state index contributed by atoms with van der Waals surface area (Å²) < 4.78 is 34.1. The average molecular weight is 464 g/mol. The van der Waals surface area contributed by atoms with E-state index in [1.807, 2.05) is 42.5 Å². The third-order valence-corrected chi connectivity index (χ3v) is 7.29. The first-order chi connectivity index (χ1) is 15.9. The molecule has 3 nitrogen and oxygen atoms in total. The fraction of sp³-hybridized carbons (Fsp3) is 0.222. The molecule has 0 aliphatic carbocycles. The van der Waals surface area contributed by atoms with Gasteiger partial charge in [-0.15, -0.1) is 11.3 Å². The fourth-order valence-corrected chi connectivity index (χ4v) is 5.88. The number of benzene rings is 3. The summed E-state index contributed by atoms with van der Waals surface area (Å²) in [5.74, 6) is -0.979. The van der Waals surface area contributed by atoms with Crippen LogP contribution >= 0.6 is 11.3 Å². The van der Waals surface area contributed by atoms with Crippen LogP contribution in [0.2, 0.25) is 0 Å². The third-order valence-electron chi connectivity index (χ3n) is 6.03. The zero-order chi connectivity index (χ0) is 23.1. The molecule has 1 unspecified atom stereocenters. The first kappa shape index (κ1) is 21.6. The third kappa shape index (κ3) is 3.89. The SMILES string of the molecule is CC(C)c1c(C(=O)NC2CCOc3ccccc32)sc2c(-c3ccc(F)c(F)c3)cccc12. The molecule has 5 rings (SSSR count). The molecule has 1 amide bonds. The largest absolute Gasteiger partial charge is 0.493 e. The molecule has 168 valence electrons. The number of hydrogen-bond acceptors (Lipinski definition) is 3. The summed E-state index contributed by atoms with van der Waals surface area (Å²) in [6.45, 7) is 4.67. The molecule has 0 saturated heterocycles. The number of ether oxygens (including phenoxy) is 1. The van der Waals surface area contributed by atoms with Crippen LogP contribution in [0.3, 0.4) is 0 Å². The Morgan fingerprint density at radius 2 is 1.88 bits per heavy atom. The van der Waals surface area contributed by atoms with Crippen LogP contribution in [0.15, 0.2) is 60.7 Å². The van der Waals surface area contributed by atoms with E-state index in [2.05, 4.69) is 19.2 Å². The van der Waals surface area contributed by atoms with Gasteiger partial charge in [-0.3, -0.25) is 4.79 Å². The highest BCUT2D eigenvalue weighted by Gasteiger charge is 2.27. The summed E-state index contributed by atoms with van der Waals surface area (Å²) in [6, 6.07) is 17.3. The summed E-state index contributed by atoms with van der Waals surface area (Å²) in [6.07, 6.45) is 0.699. The number of carbonyl (C=O) groups excluding carboxylic acids is 1. The highest BCUT2D eigenvalue weighted by atomic mass is 32.1. The zero-order valence-electron chi connectivity index (χ0n) is 18.3. The number of para-hydroxylation sites is 1. The van der Waals surface area contributed by atoms with Crippen molar-refractivity contribution in [3.8, 4) is 16.9 Å². The van der Waals surface area contributed by atoms with E-state index < -0.39 is 11.6 Å². The molecule has 3 aromatic carbocycles. The van der Waals surface area contributed by atoms with Crippen LogP contribution in [-0.4, -0.2) is 12.5 Å². The van der Waals surface area contributed by atoms with Crippen molar-refractivity contribution in [3.63, 3.8) is 0 Å². The number of fused-ring (bicyclic) bond motifs is 2. The second-order valence-corrected chi connectivity index (χ2v) is 9.53. The van der Waals surface area contributed by atoms with Crippen molar-refractivity contribution in [2.75, 3.05) is 6.61 Å². The highest BCUT2D eigenvalue weighted by molar-refractivity contribution is 7.21. The molecule has 1 aromatic heterocycles. The number of nitrogens with one attached hydrogen (secondary N) is 1. The lowest BCUT2D eigenvalue weighted by Gasteiger charge is -2.26. The smallest absolute Gasteiger partial charge is 0.262 e. The van der Waals surface area contributed by atoms with E-state index in [0.717, 1.165) is 38.6 Å². The van der Waals surface area contributed by atoms with Crippen LogP contribution in [0.4, 0.5) is 8.78 Å². The van der Waals surface area contributed by atoms with Gasteiger partial charge in [0.2, 0.25) is 0 Å². The quantitative estimate of drug-likeness (QED) is 0.347. The van der Waals surface area contributed by atoms with Gasteiger partial charge in [0.1, 0.15) is 5.75 Å². The molecule has 1 aliphatic rings. The van der Waals surface area contributed by atoms with Gasteiger partial charge in [0.15, 0.2) is 11.6 Å². The maximum Gasteiger partial charge on any atom is 0.262 e. The Balaban J connectivity index is 1.58. The van der Waals surface area contributed by atoms with Crippen molar-refractivity contribution in [1.82, 2.24) is 5.32 Å². The second kappa shape index (κ2) is 8.60. The number of carbonyl (C=O) groups is 1. The summed E-state index contributed by atoms with van der Waals surface area (Å²) in [7, 11) is 0. The van der Waals surface area contributed by atoms with Gasteiger partial charge < -0.3 is 10.1 Å². The molecule has 0 radical (unpaired) electrons. The molecule has 33 heavy (non-hydrogen) atoms. The predicted molar refractivity (Wildman–Crippen MR) is 128 cm³/mol. The van der Waals surface area contributed by atoms with E-state index in [9.17, 15) is 13.6 Å². The molecule has 0 saturated carbocycles. The molecule has 0 spiro atoms. The maximum absolute atomic E-state index is 13.9. The topological polar surface area (TPSA) is 38.3 Å². The Labute approximate surface area is 195 Å². The normalized spacial score (nSPS) is 15.4. The predicted octanol–water partition coefficient (Wildman–Crippen LogP) is 7.22. The van der Waals surface area contributed by atoms with Crippen LogP contribution in [0, 0.1) is 11.6 Å². The Morgan fingerprint density at radius 1 is 1.06 bits per heavy atom. The highest BCUT2D eigenvalue weighted by Crippen LogP contribution is 2.42. The van der Waals surface area contributed by atoms with Crippen LogP contribution in [0.25, 0.3) is 21.2 Å². The number of hydrogen-bond donors (Lipinski definition) is 1. The Bertz CT molecular complexity index is 1360. The van der Waals surface area contributed by atoms with E-state index >= 15 is 0 Å². The summed E-state index contributed by atoms with van der Waals surface area (Å²) >= 11 is 1.40. The van der Waals surface area contributed by atoms with E-state index in [-0.39, 0.29) is 17.9 Å². The molecule has 1 aliphatic heterocycles. The first-order valence-electron chi connectivity index (χ1n) is 11.0. The number of rotatable bonds is 4. The molecular weight excluding hydrogens is 440 g/mol. The molecule has 0 fully saturated rings. The van der Waals surface area contributed by atoms with Gasteiger partial charge in [-0.25, -0.2) is 8.78 Å². The lowest BCUT2D eigenvalue weighted by atomic mass is 9.95. The van der Waals surface area contributed by atoms with E-state index in [4.69, 9.17) is 4.74 Å². The number of amides is 1. The van der Waals surface area contributed by atoms with Crippen molar-refractivity contribution >= 4 is 27.3 Å². The van der Waals surface area contributed by atoms with Crippen LogP contribution in [-0.2, 0) is 0 Å². The molecule has 1 atom stereocenters. The molecular formula is C27H23F2NO2S. The van der Waals surface area contributed by atoms with Crippen molar-refractivity contribution < 1.29 is 18.3 Å². The Kier molecular flexibility index (Phi) is 5.62. The average Bonchev–Trinajstić information content (AvgIpc) is 3.21. The fourth-order valence-electron chi connectivity index (χ4n) is 4.49. The van der Waals surface area contributed by atoms with Gasteiger partial charge in [-0.2, -0.15) is 0 Å². The Morgan fingerprint density at radius 3 is 2.67 bits per heavy atom. The van der Waals surface area contributed by atoms with Gasteiger partial charge in [0.25, 0.3) is 5.91 Å². The number of thiophene rings is 1. The van der Waals surface area contributed by atoms with Crippen molar-refractivity contribution in [1.29, 1.82) is 0 Å². The van der Waals surface area contributed by atoms with Gasteiger partial charge >= 0.3 is 0 Å². The van der Waals surface area contributed by atoms with Crippen LogP contribution in [0.1, 0.15) is 53.0 Å². The number of halogens is 2. The summed E-state index contributed by atoms with van der Waals surface area (Å²) in [4.78, 5) is 14.2. The van der Waals surface area contributed by atoms with Crippen molar-refractivity contribution in [3.05, 3.63) is 88.3 Å². The lowest BCUT2D eigenvalue weighted by Crippen LogP contribution is -2.32. The zero-order valence-corrected chi connectivity index (χ0v) is 19.1. The first-order valence-corrected chi connectivity index (χ1v) is 11.8. The maximum atomic E-state index is 13.9. The molecule has 6 heteroatoms. The minimum absolute atomic E-state index is 0.113. The minimum atomic E-state index is -0.888. The van der Waals surface area contributed by atoms with Gasteiger partial charge in [-0.05, 0) is 46.2 Å². The van der Waals surface area contributed by atoms with Crippen molar-refractivity contribution in [2.45, 2.75) is 32.2 Å². The van der Waals surface area contributed by atoms with Gasteiger partial charge in [0.05, 0.1) is 17.5 Å². The monoisotopic (exact) mass is 463 g/mol. The van der Waals surface area contributed by atoms with E-state index in [1.165, 1.54) is 17.4 Å². The minimum Gasteiger partial charge on any atom is -0.493 e.